The highest BCUT2D eigenvalue weighted by atomic mass is 35.5. The first kappa shape index (κ1) is 19.1. The van der Waals surface area contributed by atoms with Crippen molar-refractivity contribution in [3.05, 3.63) is 68.7 Å². The number of halogens is 3. The maximum Gasteiger partial charge on any atom is 0.260 e. The number of nitrogens with one attached hydrogen (secondary N) is 1. The van der Waals surface area contributed by atoms with Crippen molar-refractivity contribution in [1.29, 1.82) is 0 Å². The molecule has 2 aromatic carbocycles. The zero-order chi connectivity index (χ0) is 17.5. The summed E-state index contributed by atoms with van der Waals surface area (Å²) in [5.74, 6) is -0.370. The molecule has 24 heavy (non-hydrogen) atoms. The molecule has 0 saturated carbocycles. The number of aliphatic imine (C=N–C) groups is 1. The van der Waals surface area contributed by atoms with E-state index in [4.69, 9.17) is 34.8 Å². The average Bonchev–Trinajstić information content (AvgIpc) is 2.55. The molecular formula is C17H15Cl3N2OS. The molecule has 1 N–H and O–H groups in total. The van der Waals surface area contributed by atoms with Crippen molar-refractivity contribution in [2.45, 2.75) is 6.42 Å². The highest BCUT2D eigenvalue weighted by Gasteiger charge is 2.15. The van der Waals surface area contributed by atoms with Gasteiger partial charge in [0.1, 0.15) is 0 Å². The van der Waals surface area contributed by atoms with E-state index in [0.29, 0.717) is 26.8 Å². The fourth-order valence-electron chi connectivity index (χ4n) is 1.97. The third-order valence-electron chi connectivity index (χ3n) is 3.17. The Morgan fingerprint density at radius 2 is 1.71 bits per heavy atom. The topological polar surface area (TPSA) is 41.5 Å². The molecule has 0 fully saturated rings. The molecule has 0 bridgehead atoms. The Bertz CT molecular complexity index is 728. The van der Waals surface area contributed by atoms with Gasteiger partial charge in [0.25, 0.3) is 5.91 Å². The molecule has 0 radical (unpaired) electrons. The van der Waals surface area contributed by atoms with E-state index in [1.165, 1.54) is 11.8 Å². The number of hydrogen-bond donors (Lipinski definition) is 1. The Morgan fingerprint density at radius 1 is 1.08 bits per heavy atom. The van der Waals surface area contributed by atoms with Crippen LogP contribution in [0.1, 0.15) is 15.9 Å². The van der Waals surface area contributed by atoms with Gasteiger partial charge in [-0.25, -0.2) is 0 Å². The Labute approximate surface area is 160 Å². The SMILES string of the molecule is CSC(=NCCc1ccc(Cl)cc1)NC(=O)c1c(Cl)cccc1Cl. The summed E-state index contributed by atoms with van der Waals surface area (Å²) >= 11 is 19.3. The van der Waals surface area contributed by atoms with E-state index in [9.17, 15) is 4.79 Å². The van der Waals surface area contributed by atoms with Crippen LogP contribution >= 0.6 is 46.6 Å². The lowest BCUT2D eigenvalue weighted by Crippen LogP contribution is -2.29. The number of rotatable bonds is 4. The zero-order valence-corrected chi connectivity index (χ0v) is 15.9. The minimum Gasteiger partial charge on any atom is -0.301 e. The normalized spacial score (nSPS) is 11.4. The van der Waals surface area contributed by atoms with Crippen LogP contribution in [-0.2, 0) is 6.42 Å². The van der Waals surface area contributed by atoms with Crippen molar-refractivity contribution in [2.75, 3.05) is 12.8 Å². The van der Waals surface area contributed by atoms with Gasteiger partial charge in [-0.2, -0.15) is 0 Å². The standard InChI is InChI=1S/C17H15Cl3N2OS/c1-24-17(21-10-9-11-5-7-12(18)8-6-11)22-16(23)15-13(19)3-2-4-14(15)20/h2-8H,9-10H2,1H3,(H,21,22,23). The van der Waals surface area contributed by atoms with Crippen LogP contribution in [0, 0.1) is 0 Å². The molecule has 0 saturated heterocycles. The lowest BCUT2D eigenvalue weighted by atomic mass is 10.1. The molecule has 0 atom stereocenters. The van der Waals surface area contributed by atoms with Crippen LogP contribution in [0.2, 0.25) is 15.1 Å². The fourth-order valence-corrected chi connectivity index (χ4v) is 3.08. The molecule has 0 spiro atoms. The van der Waals surface area contributed by atoms with Gasteiger partial charge in [0.15, 0.2) is 5.17 Å². The smallest absolute Gasteiger partial charge is 0.260 e. The summed E-state index contributed by atoms with van der Waals surface area (Å²) in [6.45, 7) is 0.550. The summed E-state index contributed by atoms with van der Waals surface area (Å²) in [6, 6.07) is 12.5. The second kappa shape index (κ2) is 9.33. The van der Waals surface area contributed by atoms with Gasteiger partial charge in [0, 0.05) is 11.6 Å². The highest BCUT2D eigenvalue weighted by molar-refractivity contribution is 8.13. The predicted molar refractivity (Wildman–Crippen MR) is 105 cm³/mol. The second-order valence-electron chi connectivity index (χ2n) is 4.82. The van der Waals surface area contributed by atoms with E-state index >= 15 is 0 Å². The lowest BCUT2D eigenvalue weighted by molar-refractivity contribution is 0.0978. The molecule has 2 aromatic rings. The molecule has 7 heteroatoms. The number of amidine groups is 1. The average molecular weight is 402 g/mol. The van der Waals surface area contributed by atoms with Crippen LogP contribution < -0.4 is 5.32 Å². The van der Waals surface area contributed by atoms with E-state index < -0.39 is 0 Å². The molecule has 0 aromatic heterocycles. The number of hydrogen-bond acceptors (Lipinski definition) is 3. The minimum absolute atomic E-state index is 0.250. The van der Waals surface area contributed by atoms with Crippen LogP contribution in [0.25, 0.3) is 0 Å². The van der Waals surface area contributed by atoms with Gasteiger partial charge in [-0.15, -0.1) is 0 Å². The zero-order valence-electron chi connectivity index (χ0n) is 12.9. The maximum atomic E-state index is 12.3. The molecule has 126 valence electrons. The molecule has 0 aliphatic rings. The molecule has 3 nitrogen and oxygen atoms in total. The van der Waals surface area contributed by atoms with Crippen LogP contribution in [-0.4, -0.2) is 23.9 Å². The molecule has 1 amide bonds. The first-order valence-corrected chi connectivity index (χ1v) is 9.45. The predicted octanol–water partition coefficient (Wildman–Crippen LogP) is 5.34. The number of nitrogens with zero attached hydrogens (tertiary/aromatic N) is 1. The van der Waals surface area contributed by atoms with Gasteiger partial charge in [-0.05, 0) is 42.5 Å². The number of thioether (sulfide) groups is 1. The number of benzene rings is 2. The van der Waals surface area contributed by atoms with E-state index in [-0.39, 0.29) is 11.5 Å². The summed E-state index contributed by atoms with van der Waals surface area (Å²) < 4.78 is 0. The van der Waals surface area contributed by atoms with Crippen LogP contribution in [0.5, 0.6) is 0 Å². The Hall–Kier alpha value is -1.20. The lowest BCUT2D eigenvalue weighted by Gasteiger charge is -2.09. The van der Waals surface area contributed by atoms with Gasteiger partial charge in [-0.1, -0.05) is 64.8 Å². The Balaban J connectivity index is 2.00. The summed E-state index contributed by atoms with van der Waals surface area (Å²) in [5, 5.41) is 4.58. The maximum absolute atomic E-state index is 12.3. The van der Waals surface area contributed by atoms with E-state index in [2.05, 4.69) is 10.3 Å². The first-order chi connectivity index (χ1) is 11.5. The van der Waals surface area contributed by atoms with Crippen LogP contribution in [0.4, 0.5) is 0 Å². The molecule has 0 aliphatic carbocycles. The quantitative estimate of drug-likeness (QED) is 0.555. The van der Waals surface area contributed by atoms with Crippen LogP contribution in [0.15, 0.2) is 47.5 Å². The van der Waals surface area contributed by atoms with Gasteiger partial charge < -0.3 is 5.32 Å². The number of amides is 1. The van der Waals surface area contributed by atoms with E-state index in [1.54, 1.807) is 18.2 Å². The molecule has 0 aliphatic heterocycles. The number of carbonyl (C=O) groups is 1. The van der Waals surface area contributed by atoms with Gasteiger partial charge >= 0.3 is 0 Å². The molecule has 2 rings (SSSR count). The van der Waals surface area contributed by atoms with Gasteiger partial charge in [0.05, 0.1) is 15.6 Å². The largest absolute Gasteiger partial charge is 0.301 e. The third kappa shape index (κ3) is 5.42. The molecular weight excluding hydrogens is 387 g/mol. The van der Waals surface area contributed by atoms with Crippen LogP contribution in [0.3, 0.4) is 0 Å². The highest BCUT2D eigenvalue weighted by Crippen LogP contribution is 2.24. The third-order valence-corrected chi connectivity index (χ3v) is 4.67. The first-order valence-electron chi connectivity index (χ1n) is 7.09. The van der Waals surface area contributed by atoms with E-state index in [0.717, 1.165) is 12.0 Å². The van der Waals surface area contributed by atoms with Crippen molar-refractivity contribution >= 4 is 57.6 Å². The molecule has 0 unspecified atom stereocenters. The van der Waals surface area contributed by atoms with Gasteiger partial charge in [0.2, 0.25) is 0 Å². The van der Waals surface area contributed by atoms with Crippen molar-refractivity contribution in [3.8, 4) is 0 Å². The second-order valence-corrected chi connectivity index (χ2v) is 6.86. The Kier molecular flexibility index (Phi) is 7.43. The van der Waals surface area contributed by atoms with Crippen molar-refractivity contribution in [2.24, 2.45) is 4.99 Å². The summed E-state index contributed by atoms with van der Waals surface area (Å²) in [6.07, 6.45) is 2.60. The van der Waals surface area contributed by atoms with Crippen molar-refractivity contribution in [1.82, 2.24) is 5.32 Å². The fraction of sp³-hybridized carbons (Fsp3) is 0.176. The Morgan fingerprint density at radius 3 is 2.29 bits per heavy atom. The summed E-state index contributed by atoms with van der Waals surface area (Å²) in [7, 11) is 0. The van der Waals surface area contributed by atoms with Gasteiger partial charge in [-0.3, -0.25) is 9.79 Å². The van der Waals surface area contributed by atoms with E-state index in [1.807, 2.05) is 30.5 Å². The molecule has 0 heterocycles. The summed E-state index contributed by atoms with van der Waals surface area (Å²) in [5.41, 5.74) is 1.38. The monoisotopic (exact) mass is 400 g/mol. The number of carbonyl (C=O) groups excluding carboxylic acids is 1. The van der Waals surface area contributed by atoms with Crippen molar-refractivity contribution < 1.29 is 4.79 Å². The minimum atomic E-state index is -0.370. The van der Waals surface area contributed by atoms with Crippen molar-refractivity contribution in [3.63, 3.8) is 0 Å². The summed E-state index contributed by atoms with van der Waals surface area (Å²) in [4.78, 5) is 16.8.